The molecule has 0 spiro atoms. The summed E-state index contributed by atoms with van der Waals surface area (Å²) < 4.78 is 1.99. The van der Waals surface area contributed by atoms with E-state index < -0.39 is 0 Å². The van der Waals surface area contributed by atoms with E-state index in [1.165, 1.54) is 11.3 Å². The van der Waals surface area contributed by atoms with E-state index >= 15 is 0 Å². The van der Waals surface area contributed by atoms with Gasteiger partial charge in [0, 0.05) is 17.1 Å². The lowest BCUT2D eigenvalue weighted by atomic mass is 10.0. The molecule has 0 saturated heterocycles. The smallest absolute Gasteiger partial charge is 0.133 e. The molecule has 1 aliphatic rings. The summed E-state index contributed by atoms with van der Waals surface area (Å²) in [6.45, 7) is 5.46. The molecule has 100 valence electrons. The second kappa shape index (κ2) is 4.89. The van der Waals surface area contributed by atoms with Crippen LogP contribution in [0.1, 0.15) is 25.1 Å². The zero-order valence-corrected chi connectivity index (χ0v) is 12.0. The monoisotopic (exact) mass is 275 g/mol. The van der Waals surface area contributed by atoms with Gasteiger partial charge in [0.25, 0.3) is 0 Å². The average molecular weight is 276 g/mol. The van der Waals surface area contributed by atoms with Crippen molar-refractivity contribution >= 4 is 17.4 Å². The van der Waals surface area contributed by atoms with E-state index in [1.807, 2.05) is 28.9 Å². The Bertz CT molecular complexity index is 601. The molecule has 4 heteroatoms. The Kier molecular flexibility index (Phi) is 3.23. The third-order valence-corrected chi connectivity index (χ3v) is 3.62. The molecule has 0 radical (unpaired) electrons. The number of hydrogen-bond donors (Lipinski definition) is 1. The van der Waals surface area contributed by atoms with E-state index in [9.17, 15) is 0 Å². The normalized spacial score (nSPS) is 13.7. The molecule has 0 unspecified atom stereocenters. The number of benzene rings is 1. The maximum atomic E-state index is 6.08. The minimum absolute atomic E-state index is 0.618. The van der Waals surface area contributed by atoms with E-state index in [0.717, 1.165) is 35.9 Å². The highest BCUT2D eigenvalue weighted by molar-refractivity contribution is 6.30. The summed E-state index contributed by atoms with van der Waals surface area (Å²) in [5.74, 6) is 1.75. The van der Waals surface area contributed by atoms with Crippen LogP contribution in [0.4, 0.5) is 5.82 Å². The molecule has 1 N–H and O–H groups in total. The van der Waals surface area contributed by atoms with Gasteiger partial charge in [-0.1, -0.05) is 31.5 Å². The lowest BCUT2D eigenvalue weighted by Gasteiger charge is -2.06. The Morgan fingerprint density at radius 1 is 1.42 bits per heavy atom. The molecule has 1 aromatic heterocycles. The standard InChI is InChI=1S/C15H18ClN3/c1-10(2)8-14-13-6-7-17-15(13)19(18-14)12-5-3-4-11(16)9-12/h3-5,9-10,17H,6-8H2,1-2H3. The molecule has 0 bridgehead atoms. The topological polar surface area (TPSA) is 29.9 Å². The summed E-state index contributed by atoms with van der Waals surface area (Å²) in [6, 6.07) is 7.84. The van der Waals surface area contributed by atoms with Crippen molar-refractivity contribution in [3.8, 4) is 5.69 Å². The van der Waals surface area contributed by atoms with E-state index in [1.54, 1.807) is 0 Å². The summed E-state index contributed by atoms with van der Waals surface area (Å²) in [5.41, 5.74) is 3.61. The molecule has 19 heavy (non-hydrogen) atoms. The van der Waals surface area contributed by atoms with E-state index in [2.05, 4.69) is 19.2 Å². The third kappa shape index (κ3) is 2.35. The van der Waals surface area contributed by atoms with Crippen LogP contribution in [0.2, 0.25) is 5.02 Å². The molecule has 0 aliphatic carbocycles. The molecule has 0 saturated carbocycles. The average Bonchev–Trinajstić information content (AvgIpc) is 2.92. The van der Waals surface area contributed by atoms with Crippen LogP contribution < -0.4 is 5.32 Å². The Balaban J connectivity index is 2.07. The van der Waals surface area contributed by atoms with Crippen LogP contribution >= 0.6 is 11.6 Å². The fourth-order valence-corrected chi connectivity index (χ4v) is 2.78. The first-order valence-electron chi connectivity index (χ1n) is 6.75. The van der Waals surface area contributed by atoms with Crippen LogP contribution in [0.3, 0.4) is 0 Å². The van der Waals surface area contributed by atoms with Gasteiger partial charge in [-0.25, -0.2) is 4.68 Å². The Hall–Kier alpha value is -1.48. The summed E-state index contributed by atoms with van der Waals surface area (Å²) in [5, 5.41) is 8.96. The SMILES string of the molecule is CC(C)Cc1nn(-c2cccc(Cl)c2)c2c1CCN2. The highest BCUT2D eigenvalue weighted by Crippen LogP contribution is 2.30. The van der Waals surface area contributed by atoms with Crippen LogP contribution in [0.15, 0.2) is 24.3 Å². The summed E-state index contributed by atoms with van der Waals surface area (Å²) >= 11 is 6.08. The third-order valence-electron chi connectivity index (χ3n) is 3.39. The lowest BCUT2D eigenvalue weighted by Crippen LogP contribution is -2.06. The number of aromatic nitrogens is 2. The number of nitrogens with zero attached hydrogens (tertiary/aromatic N) is 2. The van der Waals surface area contributed by atoms with Crippen molar-refractivity contribution in [2.45, 2.75) is 26.7 Å². The van der Waals surface area contributed by atoms with Crippen molar-refractivity contribution in [2.24, 2.45) is 5.92 Å². The lowest BCUT2D eigenvalue weighted by molar-refractivity contribution is 0.624. The first-order chi connectivity index (χ1) is 9.15. The van der Waals surface area contributed by atoms with Gasteiger partial charge in [0.05, 0.1) is 11.4 Å². The number of anilines is 1. The van der Waals surface area contributed by atoms with Crippen molar-refractivity contribution in [1.82, 2.24) is 9.78 Å². The maximum Gasteiger partial charge on any atom is 0.133 e. The molecular weight excluding hydrogens is 258 g/mol. The van der Waals surface area contributed by atoms with Gasteiger partial charge in [-0.15, -0.1) is 0 Å². The maximum absolute atomic E-state index is 6.08. The zero-order chi connectivity index (χ0) is 13.4. The van der Waals surface area contributed by atoms with Crippen LogP contribution in [0.25, 0.3) is 5.69 Å². The number of halogens is 1. The van der Waals surface area contributed by atoms with Crippen molar-refractivity contribution in [2.75, 3.05) is 11.9 Å². The van der Waals surface area contributed by atoms with E-state index in [0.29, 0.717) is 5.92 Å². The first-order valence-corrected chi connectivity index (χ1v) is 7.13. The van der Waals surface area contributed by atoms with Crippen molar-refractivity contribution < 1.29 is 0 Å². The van der Waals surface area contributed by atoms with Gasteiger partial charge in [0.2, 0.25) is 0 Å². The van der Waals surface area contributed by atoms with Gasteiger partial charge in [-0.2, -0.15) is 5.10 Å². The highest BCUT2D eigenvalue weighted by Gasteiger charge is 2.23. The first kappa shape index (κ1) is 12.5. The van der Waals surface area contributed by atoms with Gasteiger partial charge < -0.3 is 5.32 Å². The fraction of sp³-hybridized carbons (Fsp3) is 0.400. The molecule has 0 amide bonds. The van der Waals surface area contributed by atoms with Crippen molar-refractivity contribution in [3.05, 3.63) is 40.5 Å². The number of rotatable bonds is 3. The molecule has 0 fully saturated rings. The van der Waals surface area contributed by atoms with Gasteiger partial charge in [0.15, 0.2) is 0 Å². The van der Waals surface area contributed by atoms with Crippen LogP contribution in [0.5, 0.6) is 0 Å². The number of nitrogens with one attached hydrogen (secondary N) is 1. The molecule has 2 heterocycles. The Morgan fingerprint density at radius 2 is 2.26 bits per heavy atom. The summed E-state index contributed by atoms with van der Waals surface area (Å²) in [7, 11) is 0. The predicted octanol–water partition coefficient (Wildman–Crippen LogP) is 3.69. The van der Waals surface area contributed by atoms with Gasteiger partial charge >= 0.3 is 0 Å². The largest absolute Gasteiger partial charge is 0.369 e. The zero-order valence-electron chi connectivity index (χ0n) is 11.3. The highest BCUT2D eigenvalue weighted by atomic mass is 35.5. The second-order valence-electron chi connectivity index (χ2n) is 5.44. The van der Waals surface area contributed by atoms with Gasteiger partial charge in [-0.3, -0.25) is 0 Å². The summed E-state index contributed by atoms with van der Waals surface area (Å²) in [6.07, 6.45) is 2.09. The molecule has 1 aromatic carbocycles. The minimum Gasteiger partial charge on any atom is -0.369 e. The van der Waals surface area contributed by atoms with E-state index in [4.69, 9.17) is 16.7 Å². The van der Waals surface area contributed by atoms with Crippen LogP contribution in [-0.4, -0.2) is 16.3 Å². The Labute approximate surface area is 118 Å². The molecule has 3 nitrogen and oxygen atoms in total. The predicted molar refractivity (Wildman–Crippen MR) is 79.3 cm³/mol. The molecule has 2 aromatic rings. The van der Waals surface area contributed by atoms with Gasteiger partial charge in [0.1, 0.15) is 5.82 Å². The minimum atomic E-state index is 0.618. The van der Waals surface area contributed by atoms with Crippen molar-refractivity contribution in [1.29, 1.82) is 0 Å². The molecular formula is C15H18ClN3. The molecule has 0 atom stereocenters. The van der Waals surface area contributed by atoms with Crippen molar-refractivity contribution in [3.63, 3.8) is 0 Å². The van der Waals surface area contributed by atoms with E-state index in [-0.39, 0.29) is 0 Å². The fourth-order valence-electron chi connectivity index (χ4n) is 2.59. The molecule has 3 rings (SSSR count). The summed E-state index contributed by atoms with van der Waals surface area (Å²) in [4.78, 5) is 0. The van der Waals surface area contributed by atoms with Crippen LogP contribution in [0, 0.1) is 5.92 Å². The molecule has 1 aliphatic heterocycles. The van der Waals surface area contributed by atoms with Gasteiger partial charge in [-0.05, 0) is 37.0 Å². The number of hydrogen-bond acceptors (Lipinski definition) is 2. The quantitative estimate of drug-likeness (QED) is 0.926. The van der Waals surface area contributed by atoms with Crippen LogP contribution in [-0.2, 0) is 12.8 Å². The Morgan fingerprint density at radius 3 is 3.00 bits per heavy atom. The number of fused-ring (bicyclic) bond motifs is 1. The second-order valence-corrected chi connectivity index (χ2v) is 5.88.